The van der Waals surface area contributed by atoms with E-state index in [-0.39, 0.29) is 5.41 Å². The van der Waals surface area contributed by atoms with Gasteiger partial charge >= 0.3 is 6.18 Å². The summed E-state index contributed by atoms with van der Waals surface area (Å²) >= 11 is 0. The van der Waals surface area contributed by atoms with E-state index < -0.39 is 17.3 Å². The highest BCUT2D eigenvalue weighted by molar-refractivity contribution is 5.80. The number of amides is 2. The van der Waals surface area contributed by atoms with E-state index in [1.165, 1.54) is 5.56 Å². The molecule has 2 aromatic carbocycles. The molecule has 1 fully saturated rings. The molecule has 2 heterocycles. The molecule has 1 aromatic heterocycles. The number of hydrogen-bond acceptors (Lipinski definition) is 5. The predicted octanol–water partition coefficient (Wildman–Crippen LogP) is 6.95. The highest BCUT2D eigenvalue weighted by Crippen LogP contribution is 2.51. The van der Waals surface area contributed by atoms with Gasteiger partial charge in [-0.1, -0.05) is 52.3 Å². The first-order valence-corrected chi connectivity index (χ1v) is 14.6. The molecule has 2 amide bonds. The SMILES string of the molecule is CCCC(C)c1cnc2ccc(C3(O)CCN(Cc4ccc(C(F)(F)F)cc4)CC3(CC)CC)cc2c1.O=CNC=O. The third-order valence-electron chi connectivity index (χ3n) is 8.84. The number of pyridine rings is 1. The van der Waals surface area contributed by atoms with Crippen molar-refractivity contribution in [3.05, 3.63) is 77.0 Å². The number of rotatable bonds is 10. The van der Waals surface area contributed by atoms with Crippen LogP contribution in [0.1, 0.15) is 88.0 Å². The Morgan fingerprint density at radius 2 is 1.71 bits per heavy atom. The molecule has 0 saturated carbocycles. The minimum Gasteiger partial charge on any atom is -0.384 e. The Hall–Kier alpha value is -3.30. The van der Waals surface area contributed by atoms with Crippen LogP contribution in [0.2, 0.25) is 0 Å². The van der Waals surface area contributed by atoms with Gasteiger partial charge in [-0.25, -0.2) is 0 Å². The molecule has 0 aliphatic carbocycles. The minimum atomic E-state index is -4.33. The summed E-state index contributed by atoms with van der Waals surface area (Å²) < 4.78 is 38.9. The van der Waals surface area contributed by atoms with Crippen LogP contribution in [0, 0.1) is 5.41 Å². The lowest BCUT2D eigenvalue weighted by molar-refractivity contribution is -0.148. The number of nitrogens with one attached hydrogen (secondary N) is 1. The number of aromatic nitrogens is 1. The molecule has 42 heavy (non-hydrogen) atoms. The predicted molar refractivity (Wildman–Crippen MR) is 159 cm³/mol. The Morgan fingerprint density at radius 1 is 1.05 bits per heavy atom. The number of piperidine rings is 1. The van der Waals surface area contributed by atoms with Crippen LogP contribution in [-0.4, -0.2) is 40.9 Å². The van der Waals surface area contributed by atoms with Crippen molar-refractivity contribution in [1.82, 2.24) is 15.2 Å². The van der Waals surface area contributed by atoms with E-state index in [2.05, 4.69) is 44.7 Å². The summed E-state index contributed by atoms with van der Waals surface area (Å²) in [7, 11) is 0. The first-order valence-electron chi connectivity index (χ1n) is 14.6. The zero-order valence-electron chi connectivity index (χ0n) is 24.9. The summed E-state index contributed by atoms with van der Waals surface area (Å²) in [5.41, 5.74) is 1.95. The molecule has 1 aliphatic heterocycles. The Bertz CT molecular complexity index is 1320. The van der Waals surface area contributed by atoms with Gasteiger partial charge in [-0.3, -0.25) is 19.5 Å². The van der Waals surface area contributed by atoms with Crippen LogP contribution in [0.4, 0.5) is 13.2 Å². The quantitative estimate of drug-likeness (QED) is 0.252. The lowest BCUT2D eigenvalue weighted by Gasteiger charge is -2.54. The van der Waals surface area contributed by atoms with Gasteiger partial charge in [0.15, 0.2) is 0 Å². The maximum Gasteiger partial charge on any atom is 0.416 e. The third-order valence-corrected chi connectivity index (χ3v) is 8.84. The van der Waals surface area contributed by atoms with Crippen molar-refractivity contribution in [1.29, 1.82) is 0 Å². The molecular weight excluding hydrogens is 543 g/mol. The van der Waals surface area contributed by atoms with Crippen molar-refractivity contribution >= 4 is 23.7 Å². The van der Waals surface area contributed by atoms with Crippen LogP contribution < -0.4 is 5.32 Å². The van der Waals surface area contributed by atoms with Gasteiger partial charge in [-0.2, -0.15) is 13.2 Å². The fourth-order valence-corrected chi connectivity index (χ4v) is 6.23. The Labute approximate surface area is 246 Å². The molecule has 2 N–H and O–H groups in total. The summed E-state index contributed by atoms with van der Waals surface area (Å²) in [5.74, 6) is 0.437. The number of likely N-dealkylation sites (tertiary alicyclic amines) is 1. The van der Waals surface area contributed by atoms with Crippen molar-refractivity contribution in [2.45, 2.75) is 84.0 Å². The smallest absolute Gasteiger partial charge is 0.384 e. The molecule has 228 valence electrons. The zero-order valence-corrected chi connectivity index (χ0v) is 24.9. The third kappa shape index (κ3) is 7.36. The highest BCUT2D eigenvalue weighted by Gasteiger charge is 2.52. The topological polar surface area (TPSA) is 82.5 Å². The van der Waals surface area contributed by atoms with Crippen LogP contribution in [-0.2, 0) is 27.9 Å². The molecule has 6 nitrogen and oxygen atoms in total. The summed E-state index contributed by atoms with van der Waals surface area (Å²) in [4.78, 5) is 25.1. The number of aliphatic hydroxyl groups is 1. The summed E-state index contributed by atoms with van der Waals surface area (Å²) in [6.45, 7) is 10.6. The van der Waals surface area contributed by atoms with Gasteiger partial charge in [0.2, 0.25) is 12.8 Å². The Kier molecular flexibility index (Phi) is 11.3. The minimum absolute atomic E-state index is 0.312. The fourth-order valence-electron chi connectivity index (χ4n) is 6.23. The number of alkyl halides is 3. The second-order valence-corrected chi connectivity index (χ2v) is 11.3. The number of carbonyl (C=O) groups excluding carboxylic acids is 2. The van der Waals surface area contributed by atoms with Crippen LogP contribution in [0.3, 0.4) is 0 Å². The first-order chi connectivity index (χ1) is 20.0. The summed E-state index contributed by atoms with van der Waals surface area (Å²) in [6, 6.07) is 13.8. The highest BCUT2D eigenvalue weighted by atomic mass is 19.4. The van der Waals surface area contributed by atoms with Gasteiger partial charge in [-0.15, -0.1) is 0 Å². The van der Waals surface area contributed by atoms with E-state index >= 15 is 0 Å². The monoisotopic (exact) mass is 585 g/mol. The van der Waals surface area contributed by atoms with Gasteiger partial charge in [0.05, 0.1) is 16.7 Å². The lowest BCUT2D eigenvalue weighted by atomic mass is 9.61. The molecule has 2 unspecified atom stereocenters. The molecule has 0 radical (unpaired) electrons. The van der Waals surface area contributed by atoms with Crippen molar-refractivity contribution < 1.29 is 27.9 Å². The standard InChI is InChI=1S/C31H39F3N2O.C2H3NO2/c1-5-8-22(4)25-17-24-18-27(13-14-28(24)35-19-25)30(37)15-16-36(21-29(30,6-2)7-3)20-23-9-11-26(12-10-23)31(32,33)34;4-1-3-2-5/h9-14,17-19,22,37H,5-8,15-16,20-21H2,1-4H3;1-2H,(H,3,4,5). The number of fused-ring (bicyclic) bond motifs is 1. The van der Waals surface area contributed by atoms with E-state index in [1.807, 2.05) is 18.3 Å². The van der Waals surface area contributed by atoms with Crippen LogP contribution >= 0.6 is 0 Å². The van der Waals surface area contributed by atoms with E-state index in [0.717, 1.165) is 59.8 Å². The van der Waals surface area contributed by atoms with Gasteiger partial charge in [0.25, 0.3) is 0 Å². The average Bonchev–Trinajstić information content (AvgIpc) is 2.98. The van der Waals surface area contributed by atoms with E-state index in [0.29, 0.717) is 44.8 Å². The zero-order chi connectivity index (χ0) is 31.0. The van der Waals surface area contributed by atoms with Crippen LogP contribution in [0.25, 0.3) is 10.9 Å². The van der Waals surface area contributed by atoms with E-state index in [1.54, 1.807) is 17.4 Å². The number of hydrogen-bond donors (Lipinski definition) is 2. The average molecular weight is 586 g/mol. The van der Waals surface area contributed by atoms with Crippen LogP contribution in [0.5, 0.6) is 0 Å². The maximum absolute atomic E-state index is 13.0. The number of nitrogens with zero attached hydrogens (tertiary/aromatic N) is 2. The summed E-state index contributed by atoms with van der Waals surface area (Å²) in [5, 5.41) is 15.1. The second-order valence-electron chi connectivity index (χ2n) is 11.3. The normalized spacial score (nSPS) is 19.4. The molecule has 1 saturated heterocycles. The van der Waals surface area contributed by atoms with Crippen molar-refractivity contribution in [2.24, 2.45) is 5.41 Å². The number of halogens is 3. The first kappa shape index (κ1) is 33.2. The number of carbonyl (C=O) groups is 2. The maximum atomic E-state index is 13.0. The molecule has 1 aliphatic rings. The Balaban J connectivity index is 0.000000892. The van der Waals surface area contributed by atoms with Gasteiger partial charge < -0.3 is 10.4 Å². The molecule has 0 bridgehead atoms. The van der Waals surface area contributed by atoms with Gasteiger partial charge in [0, 0.05) is 36.6 Å². The molecule has 4 rings (SSSR count). The number of imide groups is 1. The molecule has 0 spiro atoms. The van der Waals surface area contributed by atoms with E-state index in [9.17, 15) is 18.3 Å². The molecule has 2 atom stereocenters. The fraction of sp³-hybridized carbons (Fsp3) is 0.485. The van der Waals surface area contributed by atoms with Gasteiger partial charge in [-0.05, 0) is 78.6 Å². The van der Waals surface area contributed by atoms with E-state index in [4.69, 9.17) is 14.6 Å². The Morgan fingerprint density at radius 3 is 2.26 bits per heavy atom. The molecule has 9 heteroatoms. The van der Waals surface area contributed by atoms with Crippen molar-refractivity contribution in [3.8, 4) is 0 Å². The number of benzene rings is 2. The molecule has 3 aromatic rings. The van der Waals surface area contributed by atoms with Crippen molar-refractivity contribution in [3.63, 3.8) is 0 Å². The lowest BCUT2D eigenvalue weighted by Crippen LogP contribution is -2.57. The molecular formula is C33H42F3N3O3. The second kappa shape index (κ2) is 14.2. The van der Waals surface area contributed by atoms with Gasteiger partial charge in [0.1, 0.15) is 0 Å². The van der Waals surface area contributed by atoms with Crippen LogP contribution in [0.15, 0.2) is 54.7 Å². The van der Waals surface area contributed by atoms with Crippen molar-refractivity contribution in [2.75, 3.05) is 13.1 Å². The summed E-state index contributed by atoms with van der Waals surface area (Å²) in [6.07, 6.45) is 2.67. The largest absolute Gasteiger partial charge is 0.416 e.